The first kappa shape index (κ1) is 16.8. The van der Waals surface area contributed by atoms with Gasteiger partial charge in [-0.15, -0.1) is 0 Å². The van der Waals surface area contributed by atoms with E-state index in [4.69, 9.17) is 19.9 Å². The van der Waals surface area contributed by atoms with Gasteiger partial charge in [-0.05, 0) is 24.1 Å². The summed E-state index contributed by atoms with van der Waals surface area (Å²) in [6.45, 7) is 4.18. The van der Waals surface area contributed by atoms with E-state index in [1.54, 1.807) is 0 Å². The average Bonchev–Trinajstić information content (AvgIpc) is 3.00. The lowest BCUT2D eigenvalue weighted by atomic mass is 10.1. The van der Waals surface area contributed by atoms with Crippen LogP contribution in [0, 0.1) is 0 Å². The van der Waals surface area contributed by atoms with E-state index in [0.29, 0.717) is 18.7 Å². The van der Waals surface area contributed by atoms with E-state index < -0.39 is 12.0 Å². The van der Waals surface area contributed by atoms with Crippen LogP contribution in [0.4, 0.5) is 0 Å². The zero-order valence-corrected chi connectivity index (χ0v) is 12.7. The minimum atomic E-state index is -0.927. The maximum Gasteiger partial charge on any atom is 0.308 e. The van der Waals surface area contributed by atoms with Crippen LogP contribution in [0.5, 0.6) is 11.5 Å². The Morgan fingerprint density at radius 3 is 2.96 bits per heavy atom. The summed E-state index contributed by atoms with van der Waals surface area (Å²) in [6.07, 6.45) is 1.91. The fourth-order valence-corrected chi connectivity index (χ4v) is 2.04. The van der Waals surface area contributed by atoms with Crippen LogP contribution in [-0.4, -0.2) is 37.9 Å². The molecule has 124 valence electrons. The maximum absolute atomic E-state index is 11.8. The van der Waals surface area contributed by atoms with Gasteiger partial charge in [-0.25, -0.2) is 0 Å². The Morgan fingerprint density at radius 2 is 2.17 bits per heavy atom. The molecule has 23 heavy (non-hydrogen) atoms. The van der Waals surface area contributed by atoms with Crippen LogP contribution in [0.15, 0.2) is 30.9 Å². The molecule has 0 saturated carbocycles. The second-order valence-electron chi connectivity index (χ2n) is 5.01. The Kier molecular flexibility index (Phi) is 5.99. The summed E-state index contributed by atoms with van der Waals surface area (Å²) in [5.41, 5.74) is 6.68. The molecule has 0 saturated heterocycles. The van der Waals surface area contributed by atoms with Crippen LogP contribution >= 0.6 is 0 Å². The predicted molar refractivity (Wildman–Crippen MR) is 83.0 cm³/mol. The Bertz CT molecular complexity index is 588. The van der Waals surface area contributed by atoms with E-state index >= 15 is 0 Å². The van der Waals surface area contributed by atoms with Gasteiger partial charge >= 0.3 is 5.97 Å². The fourth-order valence-electron chi connectivity index (χ4n) is 2.04. The number of esters is 1. The minimum absolute atomic E-state index is 0.108. The zero-order valence-electron chi connectivity index (χ0n) is 12.7. The highest BCUT2D eigenvalue weighted by Gasteiger charge is 2.18. The van der Waals surface area contributed by atoms with E-state index in [1.165, 1.54) is 6.08 Å². The summed E-state index contributed by atoms with van der Waals surface area (Å²) in [5, 5.41) is 2.70. The molecular formula is C16H20N2O5. The third kappa shape index (κ3) is 5.00. The highest BCUT2D eigenvalue weighted by atomic mass is 16.7. The molecule has 0 aromatic heterocycles. The van der Waals surface area contributed by atoms with Gasteiger partial charge < -0.3 is 25.3 Å². The zero-order chi connectivity index (χ0) is 16.7. The number of amides is 1. The largest absolute Gasteiger partial charge is 0.461 e. The number of benzene rings is 1. The van der Waals surface area contributed by atoms with Crippen molar-refractivity contribution in [2.24, 2.45) is 5.73 Å². The van der Waals surface area contributed by atoms with Gasteiger partial charge in [0.25, 0.3) is 0 Å². The molecule has 1 aliphatic heterocycles. The minimum Gasteiger partial charge on any atom is -0.461 e. The molecule has 0 bridgehead atoms. The molecule has 0 unspecified atom stereocenters. The van der Waals surface area contributed by atoms with Crippen molar-refractivity contribution in [1.29, 1.82) is 0 Å². The Balaban J connectivity index is 1.71. The number of nitrogens with one attached hydrogen (secondary N) is 1. The van der Waals surface area contributed by atoms with Crippen molar-refractivity contribution in [3.05, 3.63) is 36.4 Å². The standard InChI is InChI=1S/C16H20N2O5/c1-2-7-21-15(19)9-12(17)16(20)18-6-5-11-3-4-13-14(8-11)23-10-22-13/h2-4,8,12H,1,5-7,9-10,17H2,(H,18,20)/t12-/m0/s1. The summed E-state index contributed by atoms with van der Waals surface area (Å²) in [7, 11) is 0. The van der Waals surface area contributed by atoms with Crippen molar-refractivity contribution in [3.8, 4) is 11.5 Å². The molecule has 0 radical (unpaired) electrons. The van der Waals surface area contributed by atoms with E-state index in [0.717, 1.165) is 11.3 Å². The van der Waals surface area contributed by atoms with Gasteiger partial charge in [-0.1, -0.05) is 18.7 Å². The van der Waals surface area contributed by atoms with Crippen molar-refractivity contribution >= 4 is 11.9 Å². The molecule has 1 atom stereocenters. The number of fused-ring (bicyclic) bond motifs is 1. The van der Waals surface area contributed by atoms with E-state index in [-0.39, 0.29) is 25.7 Å². The quantitative estimate of drug-likeness (QED) is 0.535. The molecule has 3 N–H and O–H groups in total. The van der Waals surface area contributed by atoms with Crippen LogP contribution in [0.2, 0.25) is 0 Å². The number of hydrogen-bond donors (Lipinski definition) is 2. The van der Waals surface area contributed by atoms with Crippen molar-refractivity contribution in [1.82, 2.24) is 5.32 Å². The summed E-state index contributed by atoms with van der Waals surface area (Å²) >= 11 is 0. The summed E-state index contributed by atoms with van der Waals surface area (Å²) in [5.74, 6) is 0.512. The van der Waals surface area contributed by atoms with Crippen molar-refractivity contribution < 1.29 is 23.8 Å². The molecule has 1 aromatic rings. The second kappa shape index (κ2) is 8.19. The summed E-state index contributed by atoms with van der Waals surface area (Å²) in [4.78, 5) is 23.2. The van der Waals surface area contributed by atoms with Gasteiger partial charge in [0, 0.05) is 6.54 Å². The molecule has 1 aliphatic rings. The number of carbonyl (C=O) groups is 2. The summed E-state index contributed by atoms with van der Waals surface area (Å²) < 4.78 is 15.3. The SMILES string of the molecule is C=CCOC(=O)C[C@H](N)C(=O)NCCc1ccc2c(c1)OCO2. The molecule has 2 rings (SSSR count). The Hall–Kier alpha value is -2.54. The van der Waals surface area contributed by atoms with Gasteiger partial charge in [0.05, 0.1) is 12.5 Å². The monoisotopic (exact) mass is 320 g/mol. The van der Waals surface area contributed by atoms with Gasteiger partial charge in [-0.2, -0.15) is 0 Å². The first-order valence-electron chi connectivity index (χ1n) is 7.28. The maximum atomic E-state index is 11.8. The highest BCUT2D eigenvalue weighted by Crippen LogP contribution is 2.32. The van der Waals surface area contributed by atoms with Crippen LogP contribution in [0.1, 0.15) is 12.0 Å². The number of carbonyl (C=O) groups excluding carboxylic acids is 2. The van der Waals surface area contributed by atoms with Crippen molar-refractivity contribution in [2.45, 2.75) is 18.9 Å². The lowest BCUT2D eigenvalue weighted by molar-refractivity contribution is -0.144. The molecule has 0 aliphatic carbocycles. The first-order chi connectivity index (χ1) is 11.1. The lowest BCUT2D eigenvalue weighted by Crippen LogP contribution is -2.42. The van der Waals surface area contributed by atoms with Gasteiger partial charge in [0.2, 0.25) is 12.7 Å². The number of ether oxygens (including phenoxy) is 3. The van der Waals surface area contributed by atoms with Crippen LogP contribution in [0.3, 0.4) is 0 Å². The van der Waals surface area contributed by atoms with E-state index in [9.17, 15) is 9.59 Å². The molecule has 0 spiro atoms. The lowest BCUT2D eigenvalue weighted by Gasteiger charge is -2.11. The topological polar surface area (TPSA) is 99.9 Å². The predicted octanol–water partition coefficient (Wildman–Crippen LogP) is 0.521. The highest BCUT2D eigenvalue weighted by molar-refractivity contribution is 5.86. The molecule has 1 aromatic carbocycles. The molecule has 1 amide bonds. The van der Waals surface area contributed by atoms with E-state index in [2.05, 4.69) is 11.9 Å². The summed E-state index contributed by atoms with van der Waals surface area (Å²) in [6, 6.07) is 4.69. The van der Waals surface area contributed by atoms with Crippen molar-refractivity contribution in [3.63, 3.8) is 0 Å². The molecule has 1 heterocycles. The van der Waals surface area contributed by atoms with Gasteiger partial charge in [0.15, 0.2) is 11.5 Å². The first-order valence-corrected chi connectivity index (χ1v) is 7.28. The van der Waals surface area contributed by atoms with Crippen LogP contribution in [0.25, 0.3) is 0 Å². The molecule has 7 nitrogen and oxygen atoms in total. The number of nitrogens with two attached hydrogens (primary N) is 1. The third-order valence-electron chi connectivity index (χ3n) is 3.24. The average molecular weight is 320 g/mol. The number of hydrogen-bond acceptors (Lipinski definition) is 6. The van der Waals surface area contributed by atoms with Gasteiger partial charge in [-0.3, -0.25) is 9.59 Å². The normalized spacial score (nSPS) is 13.3. The van der Waals surface area contributed by atoms with Crippen LogP contribution < -0.4 is 20.5 Å². The Labute approximate surface area is 134 Å². The Morgan fingerprint density at radius 1 is 1.39 bits per heavy atom. The molecule has 0 fully saturated rings. The van der Waals surface area contributed by atoms with Crippen molar-refractivity contribution in [2.75, 3.05) is 19.9 Å². The second-order valence-corrected chi connectivity index (χ2v) is 5.01. The third-order valence-corrected chi connectivity index (χ3v) is 3.24. The fraction of sp³-hybridized carbons (Fsp3) is 0.375. The molecule has 7 heteroatoms. The smallest absolute Gasteiger partial charge is 0.308 e. The number of rotatable bonds is 8. The molecular weight excluding hydrogens is 300 g/mol. The van der Waals surface area contributed by atoms with E-state index in [1.807, 2.05) is 18.2 Å². The van der Waals surface area contributed by atoms with Gasteiger partial charge in [0.1, 0.15) is 6.61 Å². The van der Waals surface area contributed by atoms with Crippen LogP contribution in [-0.2, 0) is 20.7 Å².